The Hall–Kier alpha value is -3.10. The number of halogens is 2. The number of aliphatic carboxylic acids is 2. The molecule has 1 saturated heterocycles. The number of nitrogens with zero attached hydrogens (tertiary/aromatic N) is 2. The normalized spacial score (nSPS) is 16.0. The van der Waals surface area contributed by atoms with Crippen molar-refractivity contribution in [3.8, 4) is 11.6 Å². The minimum atomic E-state index is -1.82. The van der Waals surface area contributed by atoms with Gasteiger partial charge in [-0.1, -0.05) is 11.6 Å². The van der Waals surface area contributed by atoms with Crippen molar-refractivity contribution in [1.82, 2.24) is 9.47 Å². The van der Waals surface area contributed by atoms with Crippen molar-refractivity contribution in [2.45, 2.75) is 18.9 Å². The molecule has 1 atom stereocenters. The predicted molar refractivity (Wildman–Crippen MR) is 115 cm³/mol. The summed E-state index contributed by atoms with van der Waals surface area (Å²) >= 11 is 6.14. The van der Waals surface area contributed by atoms with Crippen LogP contribution in [0.5, 0.6) is 5.88 Å². The molecule has 1 aromatic heterocycles. The average Bonchev–Trinajstić information content (AvgIpc) is 3.29. The molecule has 4 rings (SSSR count). The summed E-state index contributed by atoms with van der Waals surface area (Å²) in [5.74, 6) is -3.15. The molecule has 0 bridgehead atoms. The number of benzene rings is 2. The third-order valence-electron chi connectivity index (χ3n) is 5.09. The molecule has 2 N–H and O–H groups in total. The van der Waals surface area contributed by atoms with Crippen molar-refractivity contribution in [1.29, 1.82) is 0 Å². The molecule has 0 spiro atoms. The number of aromatic nitrogens is 1. The van der Waals surface area contributed by atoms with E-state index in [0.717, 1.165) is 35.4 Å². The number of hydrogen-bond donors (Lipinski definition) is 2. The summed E-state index contributed by atoms with van der Waals surface area (Å²) in [6, 6.07) is 14.6. The van der Waals surface area contributed by atoms with E-state index >= 15 is 0 Å². The Labute approximate surface area is 183 Å². The Bertz CT molecular complexity index is 1070. The van der Waals surface area contributed by atoms with E-state index < -0.39 is 11.9 Å². The Morgan fingerprint density at radius 3 is 2.39 bits per heavy atom. The summed E-state index contributed by atoms with van der Waals surface area (Å²) in [5.41, 5.74) is 1.86. The summed E-state index contributed by atoms with van der Waals surface area (Å²) < 4.78 is 21.5. The predicted octanol–water partition coefficient (Wildman–Crippen LogP) is 4.05. The van der Waals surface area contributed by atoms with Crippen LogP contribution in [0.4, 0.5) is 4.39 Å². The van der Waals surface area contributed by atoms with Gasteiger partial charge in [0.05, 0.1) is 5.52 Å². The highest BCUT2D eigenvalue weighted by molar-refractivity contribution is 6.31. The molecule has 9 heteroatoms. The molecule has 3 aromatic rings. The van der Waals surface area contributed by atoms with Crippen molar-refractivity contribution in [3.05, 3.63) is 59.4 Å². The highest BCUT2D eigenvalue weighted by atomic mass is 35.5. The van der Waals surface area contributed by atoms with Gasteiger partial charge in [-0.25, -0.2) is 14.0 Å². The Kier molecular flexibility index (Phi) is 7.14. The molecule has 0 saturated carbocycles. The number of likely N-dealkylation sites (N-methyl/N-ethyl adjacent to an activating group) is 1. The molecular weight excluding hydrogens is 427 g/mol. The van der Waals surface area contributed by atoms with E-state index in [1.165, 1.54) is 18.6 Å². The van der Waals surface area contributed by atoms with Crippen LogP contribution in [0.1, 0.15) is 12.8 Å². The van der Waals surface area contributed by atoms with Gasteiger partial charge >= 0.3 is 11.9 Å². The number of rotatable bonds is 4. The second-order valence-electron chi connectivity index (χ2n) is 7.20. The third kappa shape index (κ3) is 5.53. The SMILES string of the molecule is CN1CCC[C@H]1COc1cc2cc(Cl)ccc2n1-c1ccc(F)cc1.O=C(O)C(=O)O. The lowest BCUT2D eigenvalue weighted by Crippen LogP contribution is -2.30. The zero-order chi connectivity index (χ0) is 22.5. The van der Waals surface area contributed by atoms with Gasteiger partial charge in [0.2, 0.25) is 0 Å². The van der Waals surface area contributed by atoms with Gasteiger partial charge in [0.15, 0.2) is 5.88 Å². The lowest BCUT2D eigenvalue weighted by Gasteiger charge is -2.20. The quantitative estimate of drug-likeness (QED) is 0.585. The van der Waals surface area contributed by atoms with Gasteiger partial charge < -0.3 is 19.8 Å². The maximum atomic E-state index is 13.3. The van der Waals surface area contributed by atoms with E-state index in [1.807, 2.05) is 28.8 Å². The second kappa shape index (κ2) is 9.80. The number of carboxylic acids is 2. The number of carboxylic acid groups (broad SMARTS) is 2. The van der Waals surface area contributed by atoms with Crippen molar-refractivity contribution in [3.63, 3.8) is 0 Å². The fourth-order valence-electron chi connectivity index (χ4n) is 3.50. The molecule has 2 aromatic carbocycles. The molecule has 7 nitrogen and oxygen atoms in total. The molecule has 0 aliphatic carbocycles. The van der Waals surface area contributed by atoms with Crippen LogP contribution in [0.3, 0.4) is 0 Å². The Morgan fingerprint density at radius 1 is 1.13 bits per heavy atom. The van der Waals surface area contributed by atoms with E-state index in [2.05, 4.69) is 11.9 Å². The molecule has 2 heterocycles. The first kappa shape index (κ1) is 22.6. The molecule has 164 valence electrons. The fourth-order valence-corrected chi connectivity index (χ4v) is 3.68. The van der Waals surface area contributed by atoms with Gasteiger partial charge in [-0.15, -0.1) is 0 Å². The summed E-state index contributed by atoms with van der Waals surface area (Å²) in [4.78, 5) is 20.5. The third-order valence-corrected chi connectivity index (χ3v) is 5.33. The maximum Gasteiger partial charge on any atom is 0.414 e. The number of likely N-dealkylation sites (tertiary alicyclic amines) is 1. The van der Waals surface area contributed by atoms with Crippen LogP contribution in [-0.2, 0) is 9.59 Å². The van der Waals surface area contributed by atoms with Crippen LogP contribution in [0.2, 0.25) is 5.02 Å². The zero-order valence-electron chi connectivity index (χ0n) is 16.8. The van der Waals surface area contributed by atoms with Crippen LogP contribution >= 0.6 is 11.6 Å². The molecular formula is C22H22ClFN2O5. The summed E-state index contributed by atoms with van der Waals surface area (Å²) in [5, 5.41) is 16.5. The first-order chi connectivity index (χ1) is 14.8. The highest BCUT2D eigenvalue weighted by Crippen LogP contribution is 2.32. The number of hydrogen-bond acceptors (Lipinski definition) is 4. The van der Waals surface area contributed by atoms with Gasteiger partial charge in [0.1, 0.15) is 12.4 Å². The molecule has 1 fully saturated rings. The summed E-state index contributed by atoms with van der Waals surface area (Å²) in [6.45, 7) is 1.76. The lowest BCUT2D eigenvalue weighted by molar-refractivity contribution is -0.159. The van der Waals surface area contributed by atoms with Crippen molar-refractivity contribution >= 4 is 34.4 Å². The minimum absolute atomic E-state index is 0.252. The van der Waals surface area contributed by atoms with Crippen LogP contribution in [0.15, 0.2) is 48.5 Å². The number of ether oxygens (including phenoxy) is 1. The average molecular weight is 449 g/mol. The second-order valence-corrected chi connectivity index (χ2v) is 7.63. The first-order valence-electron chi connectivity index (χ1n) is 9.62. The van der Waals surface area contributed by atoms with Gasteiger partial charge in [-0.05, 0) is 68.9 Å². The summed E-state index contributed by atoms with van der Waals surface area (Å²) in [6.07, 6.45) is 2.36. The van der Waals surface area contributed by atoms with Crippen LogP contribution in [0.25, 0.3) is 16.6 Å². The Morgan fingerprint density at radius 2 is 1.81 bits per heavy atom. The molecule has 31 heavy (non-hydrogen) atoms. The van der Waals surface area contributed by atoms with E-state index in [0.29, 0.717) is 17.7 Å². The largest absolute Gasteiger partial charge is 0.477 e. The Balaban J connectivity index is 0.000000401. The summed E-state index contributed by atoms with van der Waals surface area (Å²) in [7, 11) is 2.14. The fraction of sp³-hybridized carbons (Fsp3) is 0.273. The van der Waals surface area contributed by atoms with Crippen LogP contribution < -0.4 is 4.74 Å². The van der Waals surface area contributed by atoms with Crippen molar-refractivity contribution in [2.24, 2.45) is 0 Å². The van der Waals surface area contributed by atoms with Gasteiger partial charge in [0.25, 0.3) is 0 Å². The number of fused-ring (bicyclic) bond motifs is 1. The maximum absolute atomic E-state index is 13.3. The zero-order valence-corrected chi connectivity index (χ0v) is 17.6. The first-order valence-corrected chi connectivity index (χ1v) is 10.00. The molecule has 0 radical (unpaired) electrons. The topological polar surface area (TPSA) is 92.0 Å². The standard InChI is InChI=1S/C20H20ClFN2O.C2H2O4/c1-23-10-2-3-18(23)13-25-20-12-14-11-15(21)4-9-19(14)24(20)17-7-5-16(22)6-8-17;3-1(4)2(5)6/h4-9,11-12,18H,2-3,10,13H2,1H3;(H,3,4)(H,5,6)/t18-;/m0./s1. The van der Waals surface area contributed by atoms with E-state index in [9.17, 15) is 4.39 Å². The smallest absolute Gasteiger partial charge is 0.414 e. The van der Waals surface area contributed by atoms with Crippen LogP contribution in [-0.4, -0.2) is 57.9 Å². The molecule has 1 aliphatic rings. The van der Waals surface area contributed by atoms with E-state index in [4.69, 9.17) is 36.1 Å². The van der Waals surface area contributed by atoms with E-state index in [-0.39, 0.29) is 5.82 Å². The van der Waals surface area contributed by atoms with Crippen molar-refractivity contribution in [2.75, 3.05) is 20.2 Å². The lowest BCUT2D eigenvalue weighted by atomic mass is 10.2. The van der Waals surface area contributed by atoms with E-state index in [1.54, 1.807) is 12.1 Å². The molecule has 0 amide bonds. The van der Waals surface area contributed by atoms with Gasteiger partial charge in [-0.3, -0.25) is 4.57 Å². The number of carbonyl (C=O) groups is 2. The minimum Gasteiger partial charge on any atom is -0.477 e. The molecule has 1 aliphatic heterocycles. The van der Waals surface area contributed by atoms with Crippen LogP contribution in [0, 0.1) is 5.82 Å². The monoisotopic (exact) mass is 448 g/mol. The van der Waals surface area contributed by atoms with Crippen molar-refractivity contribution < 1.29 is 28.9 Å². The highest BCUT2D eigenvalue weighted by Gasteiger charge is 2.22. The molecule has 0 unspecified atom stereocenters. The van der Waals surface area contributed by atoms with Gasteiger partial charge in [-0.2, -0.15) is 0 Å². The van der Waals surface area contributed by atoms with Gasteiger partial charge in [0, 0.05) is 28.2 Å².